The summed E-state index contributed by atoms with van der Waals surface area (Å²) < 4.78 is 0. The van der Waals surface area contributed by atoms with E-state index in [1.54, 1.807) is 0 Å². The van der Waals surface area contributed by atoms with Crippen molar-refractivity contribution in [1.29, 1.82) is 0 Å². The Kier molecular flexibility index (Phi) is 3.12. The molecule has 2 N–H and O–H groups in total. The Morgan fingerprint density at radius 3 is 2.33 bits per heavy atom. The van der Waals surface area contributed by atoms with E-state index in [2.05, 4.69) is 6.92 Å². The van der Waals surface area contributed by atoms with Crippen molar-refractivity contribution in [1.82, 2.24) is 0 Å². The molecule has 1 fully saturated rings. The lowest BCUT2D eigenvalue weighted by Gasteiger charge is -2.33. The van der Waals surface area contributed by atoms with E-state index in [0.717, 1.165) is 38.5 Å². The molecule has 1 aliphatic rings. The molecule has 0 saturated heterocycles. The van der Waals surface area contributed by atoms with E-state index in [4.69, 9.17) is 5.73 Å². The normalized spacial score (nSPS) is 22.1. The van der Waals surface area contributed by atoms with Crippen molar-refractivity contribution in [2.45, 2.75) is 44.9 Å². The van der Waals surface area contributed by atoms with Gasteiger partial charge in [0.1, 0.15) is 0 Å². The lowest BCUT2D eigenvalue weighted by molar-refractivity contribution is -0.129. The predicted octanol–water partition coefficient (Wildman–Crippen LogP) is 2.04. The molecule has 0 bridgehead atoms. The molecule has 12 heavy (non-hydrogen) atoms. The summed E-state index contributed by atoms with van der Waals surface area (Å²) in [5.74, 6) is -0.106. The van der Waals surface area contributed by atoms with Gasteiger partial charge in [0.2, 0.25) is 5.91 Å². The van der Waals surface area contributed by atoms with Gasteiger partial charge in [0.05, 0.1) is 0 Å². The lowest BCUT2D eigenvalue weighted by atomic mass is 9.71. The fraction of sp³-hybridized carbons (Fsp3) is 0.800. The minimum atomic E-state index is -0.194. The predicted molar refractivity (Wildman–Crippen MR) is 49.3 cm³/mol. The van der Waals surface area contributed by atoms with Gasteiger partial charge < -0.3 is 5.73 Å². The molecule has 2 nitrogen and oxygen atoms in total. The Morgan fingerprint density at radius 2 is 1.92 bits per heavy atom. The standard InChI is InChI=1S/C10H18NO/c1-2-6-10(9(11)12)7-4-3-5-8-10/h1-8H2,(H2,11,12). The van der Waals surface area contributed by atoms with Gasteiger partial charge in [0, 0.05) is 5.41 Å². The van der Waals surface area contributed by atoms with E-state index in [9.17, 15) is 4.79 Å². The molecule has 1 rings (SSSR count). The summed E-state index contributed by atoms with van der Waals surface area (Å²) >= 11 is 0. The Labute approximate surface area is 74.5 Å². The second-order valence-corrected chi connectivity index (χ2v) is 3.81. The van der Waals surface area contributed by atoms with Crippen LogP contribution in [0.4, 0.5) is 0 Å². The minimum Gasteiger partial charge on any atom is -0.369 e. The van der Waals surface area contributed by atoms with E-state index in [-0.39, 0.29) is 11.3 Å². The zero-order valence-electron chi connectivity index (χ0n) is 7.64. The highest BCUT2D eigenvalue weighted by molar-refractivity contribution is 5.80. The smallest absolute Gasteiger partial charge is 0.223 e. The van der Waals surface area contributed by atoms with Crippen LogP contribution in [0, 0.1) is 12.3 Å². The maximum absolute atomic E-state index is 11.3. The van der Waals surface area contributed by atoms with Crippen LogP contribution in [-0.4, -0.2) is 5.91 Å². The van der Waals surface area contributed by atoms with Crippen molar-refractivity contribution >= 4 is 5.91 Å². The molecular weight excluding hydrogens is 150 g/mol. The van der Waals surface area contributed by atoms with E-state index < -0.39 is 0 Å². The molecule has 0 atom stereocenters. The summed E-state index contributed by atoms with van der Waals surface area (Å²) in [4.78, 5) is 11.3. The Bertz CT molecular complexity index is 154. The van der Waals surface area contributed by atoms with Crippen molar-refractivity contribution in [2.24, 2.45) is 11.1 Å². The van der Waals surface area contributed by atoms with Crippen molar-refractivity contribution < 1.29 is 4.79 Å². The highest BCUT2D eigenvalue weighted by Gasteiger charge is 2.36. The molecular formula is C10H18NO. The fourth-order valence-electron chi connectivity index (χ4n) is 2.19. The number of carbonyl (C=O) groups excluding carboxylic acids is 1. The topological polar surface area (TPSA) is 43.1 Å². The number of hydrogen-bond acceptors (Lipinski definition) is 1. The summed E-state index contributed by atoms with van der Waals surface area (Å²) in [6.07, 6.45) is 7.24. The number of carbonyl (C=O) groups is 1. The summed E-state index contributed by atoms with van der Waals surface area (Å²) in [6.45, 7) is 3.80. The molecule has 0 spiro atoms. The first-order valence-electron chi connectivity index (χ1n) is 4.80. The van der Waals surface area contributed by atoms with Crippen LogP contribution in [0.5, 0.6) is 0 Å². The summed E-state index contributed by atoms with van der Waals surface area (Å²) in [5.41, 5.74) is 5.23. The molecule has 0 aromatic heterocycles. The number of hydrogen-bond donors (Lipinski definition) is 1. The van der Waals surface area contributed by atoms with E-state index >= 15 is 0 Å². The molecule has 0 unspecified atom stereocenters. The molecule has 0 aliphatic heterocycles. The Balaban J connectivity index is 2.63. The van der Waals surface area contributed by atoms with Crippen LogP contribution in [0.15, 0.2) is 0 Å². The van der Waals surface area contributed by atoms with Crippen LogP contribution in [0.25, 0.3) is 0 Å². The van der Waals surface area contributed by atoms with E-state index in [0.29, 0.717) is 0 Å². The van der Waals surface area contributed by atoms with Gasteiger partial charge in [-0.1, -0.05) is 32.6 Å². The second kappa shape index (κ2) is 3.92. The van der Waals surface area contributed by atoms with Gasteiger partial charge in [-0.25, -0.2) is 0 Å². The quantitative estimate of drug-likeness (QED) is 0.688. The van der Waals surface area contributed by atoms with Gasteiger partial charge in [-0.2, -0.15) is 0 Å². The Morgan fingerprint density at radius 1 is 1.33 bits per heavy atom. The molecule has 69 valence electrons. The molecule has 1 aliphatic carbocycles. The van der Waals surface area contributed by atoms with Crippen molar-refractivity contribution in [2.75, 3.05) is 0 Å². The van der Waals surface area contributed by atoms with Crippen LogP contribution in [0.3, 0.4) is 0 Å². The van der Waals surface area contributed by atoms with Crippen molar-refractivity contribution in [3.8, 4) is 0 Å². The molecule has 0 aromatic rings. The summed E-state index contributed by atoms with van der Waals surface area (Å²) in [5, 5.41) is 0. The van der Waals surface area contributed by atoms with E-state index in [1.807, 2.05) is 0 Å². The van der Waals surface area contributed by atoms with Crippen LogP contribution < -0.4 is 5.73 Å². The molecule has 2 heteroatoms. The zero-order chi connectivity index (χ0) is 9.03. The average Bonchev–Trinajstić information content (AvgIpc) is 2.06. The van der Waals surface area contributed by atoms with Gasteiger partial charge in [0.15, 0.2) is 0 Å². The zero-order valence-corrected chi connectivity index (χ0v) is 7.64. The van der Waals surface area contributed by atoms with Gasteiger partial charge in [0.25, 0.3) is 0 Å². The van der Waals surface area contributed by atoms with Crippen LogP contribution >= 0.6 is 0 Å². The number of primary amides is 1. The highest BCUT2D eigenvalue weighted by atomic mass is 16.1. The van der Waals surface area contributed by atoms with Crippen LogP contribution in [-0.2, 0) is 4.79 Å². The number of nitrogens with two attached hydrogens (primary N) is 1. The summed E-state index contributed by atoms with van der Waals surface area (Å²) in [7, 11) is 0. The monoisotopic (exact) mass is 168 g/mol. The third kappa shape index (κ3) is 1.79. The van der Waals surface area contributed by atoms with Gasteiger partial charge in [-0.3, -0.25) is 4.79 Å². The SMILES string of the molecule is [CH2]CCC1(C(N)=O)CCCCC1. The average molecular weight is 168 g/mol. The van der Waals surface area contributed by atoms with E-state index in [1.165, 1.54) is 6.42 Å². The molecule has 1 saturated carbocycles. The molecule has 1 amide bonds. The van der Waals surface area contributed by atoms with Gasteiger partial charge in [-0.15, -0.1) is 0 Å². The third-order valence-electron chi connectivity index (χ3n) is 2.99. The third-order valence-corrected chi connectivity index (χ3v) is 2.99. The largest absolute Gasteiger partial charge is 0.369 e. The maximum Gasteiger partial charge on any atom is 0.223 e. The summed E-state index contributed by atoms with van der Waals surface area (Å²) in [6, 6.07) is 0. The Hall–Kier alpha value is -0.530. The van der Waals surface area contributed by atoms with Gasteiger partial charge >= 0.3 is 0 Å². The lowest BCUT2D eigenvalue weighted by Crippen LogP contribution is -2.38. The first-order valence-corrected chi connectivity index (χ1v) is 4.80. The molecule has 0 aromatic carbocycles. The van der Waals surface area contributed by atoms with Crippen LogP contribution in [0.2, 0.25) is 0 Å². The van der Waals surface area contributed by atoms with Gasteiger partial charge in [-0.05, 0) is 19.3 Å². The fourth-order valence-corrected chi connectivity index (χ4v) is 2.19. The molecule has 1 radical (unpaired) electrons. The number of amides is 1. The molecule has 0 heterocycles. The van der Waals surface area contributed by atoms with Crippen LogP contribution in [0.1, 0.15) is 44.9 Å². The first-order chi connectivity index (χ1) is 5.71. The highest BCUT2D eigenvalue weighted by Crippen LogP contribution is 2.39. The maximum atomic E-state index is 11.3. The number of rotatable bonds is 3. The van der Waals surface area contributed by atoms with Crippen molar-refractivity contribution in [3.05, 3.63) is 6.92 Å². The van der Waals surface area contributed by atoms with Crippen molar-refractivity contribution in [3.63, 3.8) is 0 Å². The minimum absolute atomic E-state index is 0.106. The first kappa shape index (κ1) is 9.56. The second-order valence-electron chi connectivity index (χ2n) is 3.81.